The molecule has 0 fully saturated rings. The van der Waals surface area contributed by atoms with E-state index in [-0.39, 0.29) is 31.1 Å². The van der Waals surface area contributed by atoms with Crippen molar-refractivity contribution in [1.29, 1.82) is 0 Å². The number of unbranched alkanes of at least 4 members (excludes halogenated alkanes) is 34. The topological polar surface area (TPSA) is 78.9 Å². The molecular weight excluding hydrogens is 1010 g/mol. The lowest BCUT2D eigenvalue weighted by Crippen LogP contribution is -2.30. The molecule has 0 aliphatic carbocycles. The Labute approximate surface area is 508 Å². The van der Waals surface area contributed by atoms with Crippen molar-refractivity contribution in [2.75, 3.05) is 13.2 Å². The van der Waals surface area contributed by atoms with E-state index >= 15 is 0 Å². The maximum atomic E-state index is 12.9. The Balaban J connectivity index is 4.06. The minimum Gasteiger partial charge on any atom is -0.462 e. The summed E-state index contributed by atoms with van der Waals surface area (Å²) in [5.41, 5.74) is 0. The van der Waals surface area contributed by atoms with Crippen LogP contribution in [0.3, 0.4) is 0 Å². The first-order chi connectivity index (χ1) is 40.5. The van der Waals surface area contributed by atoms with Crippen molar-refractivity contribution in [2.45, 2.75) is 341 Å². The molecule has 6 heteroatoms. The second-order valence-electron chi connectivity index (χ2n) is 23.1. The van der Waals surface area contributed by atoms with Gasteiger partial charge in [0.2, 0.25) is 0 Å². The molecule has 0 saturated carbocycles. The van der Waals surface area contributed by atoms with E-state index < -0.39 is 6.10 Å². The van der Waals surface area contributed by atoms with E-state index in [1.54, 1.807) is 0 Å². The fourth-order valence-corrected chi connectivity index (χ4v) is 9.81. The molecule has 0 saturated heterocycles. The third kappa shape index (κ3) is 66.9. The molecule has 0 aromatic rings. The van der Waals surface area contributed by atoms with Crippen LogP contribution in [0.2, 0.25) is 0 Å². The molecule has 6 nitrogen and oxygen atoms in total. The molecule has 1 atom stereocenters. The van der Waals surface area contributed by atoms with Gasteiger partial charge in [0.15, 0.2) is 6.10 Å². The van der Waals surface area contributed by atoms with Crippen molar-refractivity contribution in [2.24, 2.45) is 0 Å². The number of carbonyl (C=O) groups is 3. The van der Waals surface area contributed by atoms with Crippen LogP contribution in [0.5, 0.6) is 0 Å². The van der Waals surface area contributed by atoms with Gasteiger partial charge in [-0.25, -0.2) is 0 Å². The van der Waals surface area contributed by atoms with Gasteiger partial charge in [-0.15, -0.1) is 0 Å². The van der Waals surface area contributed by atoms with Crippen LogP contribution in [0, 0.1) is 0 Å². The van der Waals surface area contributed by atoms with Gasteiger partial charge in [-0.1, -0.05) is 316 Å². The Morgan fingerprint density at radius 1 is 0.256 bits per heavy atom. The summed E-state index contributed by atoms with van der Waals surface area (Å²) in [4.78, 5) is 38.1. The first-order valence-electron chi connectivity index (χ1n) is 34.9. The molecule has 0 N–H and O–H groups in total. The Morgan fingerprint density at radius 3 is 0.744 bits per heavy atom. The maximum Gasteiger partial charge on any atom is 0.306 e. The Morgan fingerprint density at radius 2 is 0.476 bits per heavy atom. The Bertz CT molecular complexity index is 1640. The zero-order chi connectivity index (χ0) is 59.2. The Kier molecular flexibility index (Phi) is 66.2. The van der Waals surface area contributed by atoms with Crippen molar-refractivity contribution in [3.8, 4) is 0 Å². The number of allylic oxidation sites excluding steroid dienone is 18. The lowest BCUT2D eigenvalue weighted by atomic mass is 10.0. The highest BCUT2D eigenvalue weighted by molar-refractivity contribution is 5.71. The molecule has 0 aliphatic rings. The van der Waals surface area contributed by atoms with Crippen LogP contribution in [0.1, 0.15) is 335 Å². The summed E-state index contributed by atoms with van der Waals surface area (Å²) in [6.45, 7) is 6.47. The van der Waals surface area contributed by atoms with Gasteiger partial charge < -0.3 is 14.2 Å². The lowest BCUT2D eigenvalue weighted by molar-refractivity contribution is -0.167. The minimum atomic E-state index is -0.781. The van der Waals surface area contributed by atoms with E-state index in [0.717, 1.165) is 116 Å². The largest absolute Gasteiger partial charge is 0.462 e. The van der Waals surface area contributed by atoms with Gasteiger partial charge in [-0.2, -0.15) is 0 Å². The average molecular weight is 1140 g/mol. The van der Waals surface area contributed by atoms with Gasteiger partial charge in [0.25, 0.3) is 0 Å². The van der Waals surface area contributed by atoms with Gasteiger partial charge in [0, 0.05) is 19.3 Å². The van der Waals surface area contributed by atoms with Crippen LogP contribution in [0.15, 0.2) is 109 Å². The number of esters is 3. The third-order valence-electron chi connectivity index (χ3n) is 15.0. The molecule has 0 bridgehead atoms. The molecule has 0 aliphatic heterocycles. The summed E-state index contributed by atoms with van der Waals surface area (Å²) in [6, 6.07) is 0. The molecule has 0 spiro atoms. The van der Waals surface area contributed by atoms with E-state index in [4.69, 9.17) is 14.2 Å². The summed E-state index contributed by atoms with van der Waals surface area (Å²) in [5, 5.41) is 0. The van der Waals surface area contributed by atoms with E-state index in [9.17, 15) is 14.4 Å². The fraction of sp³-hybridized carbons (Fsp3) is 0.724. The predicted octanol–water partition coefficient (Wildman–Crippen LogP) is 24.2. The molecule has 1 unspecified atom stereocenters. The van der Waals surface area contributed by atoms with Crippen LogP contribution in [-0.2, 0) is 28.6 Å². The van der Waals surface area contributed by atoms with Gasteiger partial charge in [-0.3, -0.25) is 14.4 Å². The van der Waals surface area contributed by atoms with Crippen molar-refractivity contribution >= 4 is 17.9 Å². The fourth-order valence-electron chi connectivity index (χ4n) is 9.81. The minimum absolute atomic E-state index is 0.0796. The summed E-state index contributed by atoms with van der Waals surface area (Å²) in [7, 11) is 0. The molecule has 0 heterocycles. The van der Waals surface area contributed by atoms with E-state index in [2.05, 4.69) is 130 Å². The molecule has 0 rings (SSSR count). The zero-order valence-electron chi connectivity index (χ0n) is 54.0. The highest BCUT2D eigenvalue weighted by Crippen LogP contribution is 2.17. The predicted molar refractivity (Wildman–Crippen MR) is 357 cm³/mol. The summed E-state index contributed by atoms with van der Waals surface area (Å²) < 4.78 is 16.8. The normalized spacial score (nSPS) is 12.8. The number of carbonyl (C=O) groups excluding carboxylic acids is 3. The smallest absolute Gasteiger partial charge is 0.306 e. The molecule has 82 heavy (non-hydrogen) atoms. The Hall–Kier alpha value is -3.93. The monoisotopic (exact) mass is 1140 g/mol. The second kappa shape index (κ2) is 69.6. The first kappa shape index (κ1) is 78.1. The van der Waals surface area contributed by atoms with Crippen LogP contribution in [0.4, 0.5) is 0 Å². The first-order valence-corrected chi connectivity index (χ1v) is 34.9. The molecule has 0 amide bonds. The average Bonchev–Trinajstić information content (AvgIpc) is 3.47. The van der Waals surface area contributed by atoms with Crippen molar-refractivity contribution in [3.63, 3.8) is 0 Å². The zero-order valence-corrected chi connectivity index (χ0v) is 54.0. The summed E-state index contributed by atoms with van der Waals surface area (Å²) in [6.07, 6.45) is 95.8. The van der Waals surface area contributed by atoms with E-state index in [1.807, 2.05) is 0 Å². The molecule has 0 radical (unpaired) electrons. The van der Waals surface area contributed by atoms with E-state index in [0.29, 0.717) is 19.3 Å². The van der Waals surface area contributed by atoms with Gasteiger partial charge in [0.05, 0.1) is 0 Å². The maximum absolute atomic E-state index is 12.9. The molecule has 470 valence electrons. The van der Waals surface area contributed by atoms with Crippen LogP contribution in [0.25, 0.3) is 0 Å². The lowest BCUT2D eigenvalue weighted by Gasteiger charge is -2.18. The number of rotatable bonds is 63. The van der Waals surface area contributed by atoms with Crippen molar-refractivity contribution in [1.82, 2.24) is 0 Å². The molecular formula is C76H130O6. The molecule has 0 aromatic carbocycles. The highest BCUT2D eigenvalue weighted by Gasteiger charge is 2.19. The van der Waals surface area contributed by atoms with E-state index in [1.165, 1.54) is 180 Å². The van der Waals surface area contributed by atoms with Crippen molar-refractivity contribution < 1.29 is 28.6 Å². The number of hydrogen-bond donors (Lipinski definition) is 0. The number of hydrogen-bond acceptors (Lipinski definition) is 6. The molecule has 0 aromatic heterocycles. The SMILES string of the molecule is CC/C=C\C/C=C\C/C=C\C/C=C\C/C=C\C/C=C\CCCCCCCCCCC(=O)OC(COC(=O)CCCCCCCC)COC(=O)CCCCCCCCCCCCCCCCCC/C=C\C/C=C\C/C=C\CCCCCCC. The number of ether oxygens (including phenoxy) is 3. The van der Waals surface area contributed by atoms with Crippen molar-refractivity contribution in [3.05, 3.63) is 109 Å². The third-order valence-corrected chi connectivity index (χ3v) is 15.0. The van der Waals surface area contributed by atoms with Gasteiger partial charge >= 0.3 is 17.9 Å². The van der Waals surface area contributed by atoms with Gasteiger partial charge in [0.1, 0.15) is 13.2 Å². The second-order valence-corrected chi connectivity index (χ2v) is 23.1. The standard InChI is InChI=1S/C76H130O6/c1-4-7-10-13-16-18-20-22-24-26-28-30-32-34-36-37-38-39-41-42-44-46-48-50-52-54-56-58-60-63-66-69-75(78)81-72-73(71-80-74(77)68-65-62-15-12-9-6-3)82-76(79)70-67-64-61-59-57-55-53-51-49-47-45-43-40-35-33-31-29-27-25-23-21-19-17-14-11-8-5-2/h8,11,17,19-20,22-23,25-26,28-29,31-32,34-35,40,45,47,73H,4-7,9-10,12-16,18,21,24,27,30,33,36-39,41-44,46,48-72H2,1-3H3/b11-8-,19-17-,22-20-,25-23-,28-26-,31-29-,34-32-,40-35-,47-45-. The van der Waals surface area contributed by atoms with Crippen LogP contribution >= 0.6 is 0 Å². The van der Waals surface area contributed by atoms with Gasteiger partial charge in [-0.05, 0) is 109 Å². The van der Waals surface area contributed by atoms with Crippen LogP contribution < -0.4 is 0 Å². The van der Waals surface area contributed by atoms with Crippen LogP contribution in [-0.4, -0.2) is 37.2 Å². The summed E-state index contributed by atoms with van der Waals surface area (Å²) in [5.74, 6) is -0.888. The quantitative estimate of drug-likeness (QED) is 0.0261. The summed E-state index contributed by atoms with van der Waals surface area (Å²) >= 11 is 0. The highest BCUT2D eigenvalue weighted by atomic mass is 16.6.